The Morgan fingerprint density at radius 1 is 1.45 bits per heavy atom. The average Bonchev–Trinajstić information content (AvgIpc) is 2.72. The van der Waals surface area contributed by atoms with Crippen LogP contribution in [0.25, 0.3) is 6.08 Å². The van der Waals surface area contributed by atoms with Crippen LogP contribution in [0.5, 0.6) is 11.5 Å². The van der Waals surface area contributed by atoms with Crippen molar-refractivity contribution in [1.29, 1.82) is 0 Å². The van der Waals surface area contributed by atoms with E-state index in [4.69, 9.17) is 4.74 Å². The number of hydrogen-bond donors (Lipinski definition) is 1. The summed E-state index contributed by atoms with van der Waals surface area (Å²) in [7, 11) is 0. The number of halogens is 1. The molecule has 0 spiro atoms. The third kappa shape index (κ3) is 3.36. The first-order valence-electron chi connectivity index (χ1n) is 6.49. The van der Waals surface area contributed by atoms with Crippen LogP contribution < -0.4 is 4.74 Å². The molecule has 7 heteroatoms. The highest BCUT2D eigenvalue weighted by Crippen LogP contribution is 2.38. The summed E-state index contributed by atoms with van der Waals surface area (Å²) in [6, 6.07) is 3.29. The normalized spacial score (nSPS) is 16.5. The number of aromatic hydroxyl groups is 1. The van der Waals surface area contributed by atoms with Crippen molar-refractivity contribution in [3.05, 3.63) is 39.7 Å². The number of ether oxygens (including phenoxy) is 1. The van der Waals surface area contributed by atoms with Crippen LogP contribution in [-0.2, 0) is 4.79 Å². The number of rotatable bonds is 5. The molecule has 0 aliphatic carbocycles. The van der Waals surface area contributed by atoms with E-state index in [1.165, 1.54) is 12.2 Å². The number of nitrogens with zero attached hydrogens (tertiary/aromatic N) is 1. The molecule has 1 fully saturated rings. The van der Waals surface area contributed by atoms with Crippen molar-refractivity contribution < 1.29 is 19.4 Å². The number of carbonyl (C=O) groups is 2. The Morgan fingerprint density at radius 3 is 2.82 bits per heavy atom. The molecule has 0 atom stereocenters. The monoisotopic (exact) mass is 383 g/mol. The molecule has 22 heavy (non-hydrogen) atoms. The highest BCUT2D eigenvalue weighted by Gasteiger charge is 2.34. The van der Waals surface area contributed by atoms with Crippen LogP contribution in [0.2, 0.25) is 0 Å². The number of amides is 2. The molecule has 1 aliphatic rings. The third-order valence-electron chi connectivity index (χ3n) is 2.84. The van der Waals surface area contributed by atoms with Crippen molar-refractivity contribution >= 4 is 44.9 Å². The van der Waals surface area contributed by atoms with Gasteiger partial charge in [-0.1, -0.05) is 22.0 Å². The van der Waals surface area contributed by atoms with E-state index in [1.807, 2.05) is 0 Å². The lowest BCUT2D eigenvalue weighted by molar-refractivity contribution is -0.122. The molecule has 5 nitrogen and oxygen atoms in total. The van der Waals surface area contributed by atoms with Crippen molar-refractivity contribution in [2.24, 2.45) is 0 Å². The molecule has 1 saturated heterocycles. The zero-order valence-electron chi connectivity index (χ0n) is 11.8. The van der Waals surface area contributed by atoms with Gasteiger partial charge in [0.15, 0.2) is 11.5 Å². The lowest BCUT2D eigenvalue weighted by Gasteiger charge is -2.10. The third-order valence-corrected chi connectivity index (χ3v) is 4.21. The first kappa shape index (κ1) is 16.6. The number of carbonyl (C=O) groups excluding carboxylic acids is 2. The molecule has 0 unspecified atom stereocenters. The van der Waals surface area contributed by atoms with Crippen molar-refractivity contribution in [3.63, 3.8) is 0 Å². The lowest BCUT2D eigenvalue weighted by atomic mass is 10.1. The summed E-state index contributed by atoms with van der Waals surface area (Å²) >= 11 is 4.16. The SMILES string of the molecule is C=CCN1C(=O)S/C(=C\c2cc(Br)cc(OCC)c2O)C1=O. The van der Waals surface area contributed by atoms with Gasteiger partial charge in [0.2, 0.25) is 0 Å². The van der Waals surface area contributed by atoms with Crippen molar-refractivity contribution in [2.45, 2.75) is 6.92 Å². The lowest BCUT2D eigenvalue weighted by Crippen LogP contribution is -2.27. The summed E-state index contributed by atoms with van der Waals surface area (Å²) in [5.74, 6) is -0.152. The summed E-state index contributed by atoms with van der Waals surface area (Å²) < 4.78 is 6.04. The molecule has 116 valence electrons. The average molecular weight is 384 g/mol. The fourth-order valence-corrected chi connectivity index (χ4v) is 3.19. The quantitative estimate of drug-likeness (QED) is 0.618. The Labute approximate surface area is 140 Å². The van der Waals surface area contributed by atoms with E-state index in [2.05, 4.69) is 22.5 Å². The van der Waals surface area contributed by atoms with Gasteiger partial charge in [0, 0.05) is 16.6 Å². The summed E-state index contributed by atoms with van der Waals surface area (Å²) in [5, 5.41) is 9.85. The minimum absolute atomic E-state index is 0.0689. The molecule has 0 bridgehead atoms. The van der Waals surface area contributed by atoms with Crippen LogP contribution in [0.4, 0.5) is 4.79 Å². The van der Waals surface area contributed by atoms with Crippen LogP contribution in [0.15, 0.2) is 34.2 Å². The Morgan fingerprint density at radius 2 is 2.18 bits per heavy atom. The Hall–Kier alpha value is -1.73. The van der Waals surface area contributed by atoms with Gasteiger partial charge < -0.3 is 9.84 Å². The van der Waals surface area contributed by atoms with Gasteiger partial charge in [-0.15, -0.1) is 6.58 Å². The fourth-order valence-electron chi connectivity index (χ4n) is 1.90. The van der Waals surface area contributed by atoms with Crippen LogP contribution in [0, 0.1) is 0 Å². The molecule has 0 saturated carbocycles. The molecule has 2 amide bonds. The first-order chi connectivity index (χ1) is 10.5. The zero-order chi connectivity index (χ0) is 16.3. The highest BCUT2D eigenvalue weighted by molar-refractivity contribution is 9.10. The molecule has 1 aromatic rings. The van der Waals surface area contributed by atoms with Crippen LogP contribution in [0.3, 0.4) is 0 Å². The van der Waals surface area contributed by atoms with Crippen molar-refractivity contribution in [1.82, 2.24) is 4.90 Å². The smallest absolute Gasteiger partial charge is 0.293 e. The van der Waals surface area contributed by atoms with Gasteiger partial charge in [0.05, 0.1) is 11.5 Å². The Kier molecular flexibility index (Phi) is 5.31. The second-order valence-electron chi connectivity index (χ2n) is 4.36. The number of phenolic OH excluding ortho intramolecular Hbond substituents is 1. The van der Waals surface area contributed by atoms with E-state index < -0.39 is 5.91 Å². The molecular weight excluding hydrogens is 370 g/mol. The molecule has 2 rings (SSSR count). The highest BCUT2D eigenvalue weighted by atomic mass is 79.9. The van der Waals surface area contributed by atoms with Crippen LogP contribution in [-0.4, -0.2) is 34.3 Å². The summed E-state index contributed by atoms with van der Waals surface area (Å²) in [6.45, 7) is 5.89. The van der Waals surface area contributed by atoms with E-state index in [1.54, 1.807) is 19.1 Å². The zero-order valence-corrected chi connectivity index (χ0v) is 14.2. The molecule has 0 aromatic heterocycles. The molecule has 1 heterocycles. The minimum atomic E-state index is -0.396. The number of hydrogen-bond acceptors (Lipinski definition) is 5. The summed E-state index contributed by atoms with van der Waals surface area (Å²) in [4.78, 5) is 25.3. The molecule has 1 N–H and O–H groups in total. The van der Waals surface area contributed by atoms with Crippen LogP contribution in [0.1, 0.15) is 12.5 Å². The molecular formula is C15H14BrNO4S. The van der Waals surface area contributed by atoms with Gasteiger partial charge in [-0.3, -0.25) is 14.5 Å². The topological polar surface area (TPSA) is 66.8 Å². The summed E-state index contributed by atoms with van der Waals surface area (Å²) in [5.41, 5.74) is 0.405. The number of phenols is 1. The van der Waals surface area contributed by atoms with Gasteiger partial charge in [-0.2, -0.15) is 0 Å². The van der Waals surface area contributed by atoms with Crippen molar-refractivity contribution in [2.75, 3.05) is 13.2 Å². The number of benzene rings is 1. The van der Waals surface area contributed by atoms with E-state index in [-0.39, 0.29) is 22.4 Å². The van der Waals surface area contributed by atoms with E-state index in [0.29, 0.717) is 22.4 Å². The number of thioether (sulfide) groups is 1. The minimum Gasteiger partial charge on any atom is -0.504 e. The standard InChI is InChI=1S/C15H14BrNO4S/c1-3-5-17-14(19)12(22-15(17)20)7-9-6-10(16)8-11(13(9)18)21-4-2/h3,6-8,18H,1,4-5H2,2H3/b12-7-. The van der Waals surface area contributed by atoms with Gasteiger partial charge in [0.1, 0.15) is 0 Å². The van der Waals surface area contributed by atoms with Gasteiger partial charge in [0.25, 0.3) is 11.1 Å². The van der Waals surface area contributed by atoms with E-state index >= 15 is 0 Å². The van der Waals surface area contributed by atoms with Crippen LogP contribution >= 0.6 is 27.7 Å². The predicted molar refractivity (Wildman–Crippen MR) is 89.8 cm³/mol. The molecule has 1 aliphatic heterocycles. The second kappa shape index (κ2) is 7.02. The van der Waals surface area contributed by atoms with Gasteiger partial charge in [-0.25, -0.2) is 0 Å². The maximum absolute atomic E-state index is 12.2. The second-order valence-corrected chi connectivity index (χ2v) is 6.26. The van der Waals surface area contributed by atoms with Crippen molar-refractivity contribution in [3.8, 4) is 11.5 Å². The first-order valence-corrected chi connectivity index (χ1v) is 8.10. The Bertz CT molecular complexity index is 672. The van der Waals surface area contributed by atoms with Gasteiger partial charge in [-0.05, 0) is 36.9 Å². The maximum atomic E-state index is 12.2. The molecule has 1 aromatic carbocycles. The van der Waals surface area contributed by atoms with E-state index in [0.717, 1.165) is 16.7 Å². The Balaban J connectivity index is 2.39. The maximum Gasteiger partial charge on any atom is 0.293 e. The van der Waals surface area contributed by atoms with E-state index in [9.17, 15) is 14.7 Å². The predicted octanol–water partition coefficient (Wildman–Crippen LogP) is 3.78. The summed E-state index contributed by atoms with van der Waals surface area (Å²) in [6.07, 6.45) is 2.97. The number of imide groups is 1. The largest absolute Gasteiger partial charge is 0.504 e. The fraction of sp³-hybridized carbons (Fsp3) is 0.200. The molecule has 0 radical (unpaired) electrons. The van der Waals surface area contributed by atoms with Gasteiger partial charge >= 0.3 is 0 Å².